The lowest BCUT2D eigenvalue weighted by Gasteiger charge is -2.51. The van der Waals surface area contributed by atoms with Crippen LogP contribution in [0.5, 0.6) is 0 Å². The minimum atomic E-state index is -0.713. The van der Waals surface area contributed by atoms with Gasteiger partial charge in [0.05, 0.1) is 6.04 Å². The Balaban J connectivity index is 1.96. The SMILES string of the molecule is C[C@H](c1ccccc1)N1C(=O)[C@]2(C)CC[C@H]1C(=O)N2. The Bertz CT molecular complexity index is 528. The van der Waals surface area contributed by atoms with Crippen molar-refractivity contribution in [2.75, 3.05) is 0 Å². The Labute approximate surface area is 112 Å². The van der Waals surface area contributed by atoms with Crippen LogP contribution in [0.2, 0.25) is 0 Å². The average molecular weight is 258 g/mol. The number of fused-ring (bicyclic) bond motifs is 3. The van der Waals surface area contributed by atoms with E-state index in [4.69, 9.17) is 0 Å². The van der Waals surface area contributed by atoms with Crippen LogP contribution in [0.15, 0.2) is 30.3 Å². The second-order valence-electron chi connectivity index (χ2n) is 5.67. The van der Waals surface area contributed by atoms with E-state index < -0.39 is 5.54 Å². The van der Waals surface area contributed by atoms with Crippen LogP contribution >= 0.6 is 0 Å². The highest BCUT2D eigenvalue weighted by molar-refractivity contribution is 6.01. The van der Waals surface area contributed by atoms with Gasteiger partial charge in [0.1, 0.15) is 11.6 Å². The van der Waals surface area contributed by atoms with E-state index in [2.05, 4.69) is 5.32 Å². The molecule has 2 bridgehead atoms. The Morgan fingerprint density at radius 2 is 2.00 bits per heavy atom. The van der Waals surface area contributed by atoms with Gasteiger partial charge in [-0.2, -0.15) is 0 Å². The van der Waals surface area contributed by atoms with Gasteiger partial charge in [0.15, 0.2) is 0 Å². The first-order valence-electron chi connectivity index (χ1n) is 6.73. The van der Waals surface area contributed by atoms with Crippen LogP contribution in [-0.4, -0.2) is 28.3 Å². The topological polar surface area (TPSA) is 49.4 Å². The molecule has 0 spiro atoms. The molecular formula is C15H18N2O2. The minimum absolute atomic E-state index is 0.0175. The molecule has 0 unspecified atom stereocenters. The Morgan fingerprint density at radius 3 is 2.63 bits per heavy atom. The zero-order chi connectivity index (χ0) is 13.6. The molecule has 3 aliphatic heterocycles. The van der Waals surface area contributed by atoms with Crippen LogP contribution < -0.4 is 5.32 Å². The number of benzene rings is 1. The third kappa shape index (κ3) is 1.74. The summed E-state index contributed by atoms with van der Waals surface area (Å²) in [7, 11) is 0. The van der Waals surface area contributed by atoms with E-state index in [0.717, 1.165) is 18.4 Å². The first-order valence-corrected chi connectivity index (χ1v) is 6.73. The molecule has 4 nitrogen and oxygen atoms in total. The number of rotatable bonds is 2. The van der Waals surface area contributed by atoms with Crippen molar-refractivity contribution in [3.05, 3.63) is 35.9 Å². The maximum absolute atomic E-state index is 12.6. The summed E-state index contributed by atoms with van der Waals surface area (Å²) >= 11 is 0. The Kier molecular flexibility index (Phi) is 2.62. The van der Waals surface area contributed by atoms with Gasteiger partial charge in [-0.15, -0.1) is 0 Å². The van der Waals surface area contributed by atoms with Crippen LogP contribution in [-0.2, 0) is 9.59 Å². The first kappa shape index (κ1) is 12.2. The number of carbonyl (C=O) groups excluding carboxylic acids is 2. The predicted octanol–water partition coefficient (Wildman–Crippen LogP) is 1.63. The van der Waals surface area contributed by atoms with Crippen molar-refractivity contribution >= 4 is 11.8 Å². The van der Waals surface area contributed by atoms with Gasteiger partial charge >= 0.3 is 0 Å². The predicted molar refractivity (Wildman–Crippen MR) is 71.3 cm³/mol. The van der Waals surface area contributed by atoms with Crippen LogP contribution in [0.1, 0.15) is 38.3 Å². The fraction of sp³-hybridized carbons (Fsp3) is 0.467. The normalized spacial score (nSPS) is 31.3. The number of hydrogen-bond acceptors (Lipinski definition) is 2. The standard InChI is InChI=1S/C15H18N2O2/c1-10(11-6-4-3-5-7-11)17-12-8-9-15(2,14(17)19)16-13(12)18/h3-7,10,12H,8-9H2,1-2H3,(H,16,18)/t10-,12+,15+/m1/s1. The molecule has 2 amide bonds. The molecule has 3 saturated heterocycles. The zero-order valence-corrected chi connectivity index (χ0v) is 11.2. The summed E-state index contributed by atoms with van der Waals surface area (Å²) in [5.41, 5.74) is 0.356. The summed E-state index contributed by atoms with van der Waals surface area (Å²) in [6.07, 6.45) is 1.49. The largest absolute Gasteiger partial charge is 0.340 e. The van der Waals surface area contributed by atoms with E-state index in [9.17, 15) is 9.59 Å². The summed E-state index contributed by atoms with van der Waals surface area (Å²) < 4.78 is 0. The lowest BCUT2D eigenvalue weighted by Crippen LogP contribution is -2.73. The average Bonchev–Trinajstić information content (AvgIpc) is 2.41. The summed E-state index contributed by atoms with van der Waals surface area (Å²) in [6, 6.07) is 9.49. The fourth-order valence-electron chi connectivity index (χ4n) is 3.16. The molecule has 3 aliphatic rings. The third-order valence-electron chi connectivity index (χ3n) is 4.36. The molecule has 19 heavy (non-hydrogen) atoms. The van der Waals surface area contributed by atoms with E-state index in [-0.39, 0.29) is 23.9 Å². The molecule has 1 aromatic carbocycles. The van der Waals surface area contributed by atoms with E-state index in [1.54, 1.807) is 4.90 Å². The molecule has 0 aliphatic carbocycles. The number of piperazine rings is 1. The van der Waals surface area contributed by atoms with Gasteiger partial charge in [0.2, 0.25) is 11.8 Å². The second-order valence-corrected chi connectivity index (χ2v) is 5.67. The van der Waals surface area contributed by atoms with E-state index in [0.29, 0.717) is 0 Å². The zero-order valence-electron chi connectivity index (χ0n) is 11.2. The number of nitrogens with one attached hydrogen (secondary N) is 1. The number of hydrogen-bond donors (Lipinski definition) is 1. The van der Waals surface area contributed by atoms with Gasteiger partial charge in [-0.1, -0.05) is 30.3 Å². The number of carbonyl (C=O) groups is 2. The van der Waals surface area contributed by atoms with Gasteiger partial charge in [-0.05, 0) is 32.3 Å². The van der Waals surface area contributed by atoms with E-state index >= 15 is 0 Å². The molecule has 4 heteroatoms. The van der Waals surface area contributed by atoms with Crippen LogP contribution in [0.4, 0.5) is 0 Å². The van der Waals surface area contributed by atoms with E-state index in [1.807, 2.05) is 44.2 Å². The van der Waals surface area contributed by atoms with Gasteiger partial charge in [-0.25, -0.2) is 0 Å². The number of amides is 2. The number of nitrogens with zero attached hydrogens (tertiary/aromatic N) is 1. The molecule has 3 heterocycles. The summed E-state index contributed by atoms with van der Waals surface area (Å²) in [5, 5.41) is 2.85. The smallest absolute Gasteiger partial charge is 0.249 e. The third-order valence-corrected chi connectivity index (χ3v) is 4.36. The Hall–Kier alpha value is -1.84. The lowest BCUT2D eigenvalue weighted by molar-refractivity contribution is -0.163. The Morgan fingerprint density at radius 1 is 1.32 bits per heavy atom. The fourth-order valence-corrected chi connectivity index (χ4v) is 3.16. The van der Waals surface area contributed by atoms with Crippen molar-refractivity contribution in [2.24, 2.45) is 0 Å². The highest BCUT2D eigenvalue weighted by atomic mass is 16.2. The van der Waals surface area contributed by atoms with E-state index in [1.165, 1.54) is 0 Å². The quantitative estimate of drug-likeness (QED) is 0.876. The summed E-state index contributed by atoms with van der Waals surface area (Å²) in [5.74, 6) is 0.0239. The maximum atomic E-state index is 12.6. The van der Waals surface area contributed by atoms with Crippen molar-refractivity contribution in [1.82, 2.24) is 10.2 Å². The number of piperidine rings is 2. The van der Waals surface area contributed by atoms with Gasteiger partial charge in [0.25, 0.3) is 0 Å². The van der Waals surface area contributed by atoms with Crippen molar-refractivity contribution in [2.45, 2.75) is 44.3 Å². The molecule has 100 valence electrons. The lowest BCUT2D eigenvalue weighted by atomic mass is 9.80. The summed E-state index contributed by atoms with van der Waals surface area (Å²) in [4.78, 5) is 26.4. The molecular weight excluding hydrogens is 240 g/mol. The first-order chi connectivity index (χ1) is 9.03. The van der Waals surface area contributed by atoms with Gasteiger partial charge in [-0.3, -0.25) is 9.59 Å². The van der Waals surface area contributed by atoms with Crippen LogP contribution in [0, 0.1) is 0 Å². The highest BCUT2D eigenvalue weighted by Crippen LogP contribution is 2.37. The molecule has 1 N–H and O–H groups in total. The van der Waals surface area contributed by atoms with Crippen molar-refractivity contribution < 1.29 is 9.59 Å². The van der Waals surface area contributed by atoms with Crippen molar-refractivity contribution in [3.63, 3.8) is 0 Å². The summed E-state index contributed by atoms with van der Waals surface area (Å²) in [6.45, 7) is 3.82. The van der Waals surface area contributed by atoms with Gasteiger partial charge < -0.3 is 10.2 Å². The molecule has 0 saturated carbocycles. The van der Waals surface area contributed by atoms with Crippen molar-refractivity contribution in [3.8, 4) is 0 Å². The van der Waals surface area contributed by atoms with Crippen LogP contribution in [0.25, 0.3) is 0 Å². The molecule has 4 rings (SSSR count). The molecule has 3 atom stereocenters. The molecule has 3 fully saturated rings. The van der Waals surface area contributed by atoms with Gasteiger partial charge in [0, 0.05) is 0 Å². The van der Waals surface area contributed by atoms with Crippen molar-refractivity contribution in [1.29, 1.82) is 0 Å². The van der Waals surface area contributed by atoms with Crippen LogP contribution in [0.3, 0.4) is 0 Å². The molecule has 0 aromatic heterocycles. The second kappa shape index (κ2) is 4.08. The highest BCUT2D eigenvalue weighted by Gasteiger charge is 2.54. The monoisotopic (exact) mass is 258 g/mol. The maximum Gasteiger partial charge on any atom is 0.249 e. The molecule has 0 radical (unpaired) electrons. The minimum Gasteiger partial charge on any atom is -0.340 e. The molecule has 1 aromatic rings.